The third-order valence-corrected chi connectivity index (χ3v) is 0.596. The highest BCUT2D eigenvalue weighted by Gasteiger charge is 1.73. The van der Waals surface area contributed by atoms with Gasteiger partial charge < -0.3 is 9.94 Å². The van der Waals surface area contributed by atoms with Crippen LogP contribution in [0.4, 0.5) is 0 Å². The molecule has 0 aliphatic carbocycles. The van der Waals surface area contributed by atoms with Crippen LogP contribution in [0, 0.1) is 0 Å². The second kappa shape index (κ2) is 7.17. The first-order valence-corrected chi connectivity index (χ1v) is 2.79. The van der Waals surface area contributed by atoms with Gasteiger partial charge in [0.25, 0.3) is 0 Å². The van der Waals surface area contributed by atoms with Crippen molar-refractivity contribution in [2.75, 3.05) is 13.2 Å². The maximum absolute atomic E-state index is 8.21. The number of allylic oxidation sites excluding steroid dienone is 2. The molecule has 0 aromatic carbocycles. The fourth-order valence-electron chi connectivity index (χ4n) is 0.258. The molecule has 0 amide bonds. The van der Waals surface area contributed by atoms with Gasteiger partial charge >= 0.3 is 0 Å². The highest BCUT2D eigenvalue weighted by atomic mass is 16.6. The molecule has 0 aromatic rings. The van der Waals surface area contributed by atoms with E-state index in [4.69, 9.17) is 5.11 Å². The van der Waals surface area contributed by atoms with Crippen LogP contribution in [0.5, 0.6) is 0 Å². The minimum atomic E-state index is 0.00712. The van der Waals surface area contributed by atoms with E-state index in [9.17, 15) is 0 Å². The molecule has 3 nitrogen and oxygen atoms in total. The molecule has 1 N–H and O–H groups in total. The Morgan fingerprint density at radius 2 is 2.44 bits per heavy atom. The number of rotatable bonds is 4. The third-order valence-electron chi connectivity index (χ3n) is 0.596. The van der Waals surface area contributed by atoms with Crippen LogP contribution in [0.3, 0.4) is 0 Å². The van der Waals surface area contributed by atoms with Crippen molar-refractivity contribution in [2.45, 2.75) is 6.92 Å². The van der Waals surface area contributed by atoms with Gasteiger partial charge in [0.15, 0.2) is 0 Å². The van der Waals surface area contributed by atoms with Gasteiger partial charge in [0.2, 0.25) is 0 Å². The summed E-state index contributed by atoms with van der Waals surface area (Å²) in [4.78, 5) is 4.55. The lowest BCUT2D eigenvalue weighted by molar-refractivity contribution is 0.0998. The second-order valence-electron chi connectivity index (χ2n) is 1.34. The van der Waals surface area contributed by atoms with Crippen molar-refractivity contribution in [3.05, 3.63) is 12.2 Å². The van der Waals surface area contributed by atoms with E-state index in [-0.39, 0.29) is 13.2 Å². The first kappa shape index (κ1) is 8.17. The molecule has 0 rings (SSSR count). The molecular formula is C6H11NO2. The Hall–Kier alpha value is -0.830. The summed E-state index contributed by atoms with van der Waals surface area (Å²) in [5.74, 6) is 0. The summed E-state index contributed by atoms with van der Waals surface area (Å²) in [6.45, 7) is 2.15. The Morgan fingerprint density at radius 1 is 1.67 bits per heavy atom. The molecule has 0 fully saturated rings. The van der Waals surface area contributed by atoms with Gasteiger partial charge in [0.05, 0.1) is 12.8 Å². The normalized spacial score (nSPS) is 11.3. The zero-order chi connectivity index (χ0) is 6.95. The van der Waals surface area contributed by atoms with Gasteiger partial charge in [-0.25, -0.2) is 0 Å². The minimum Gasteiger partial charge on any atom is -0.393 e. The van der Waals surface area contributed by atoms with E-state index in [1.165, 1.54) is 6.21 Å². The molecule has 0 aliphatic heterocycles. The summed E-state index contributed by atoms with van der Waals surface area (Å²) < 4.78 is 0. The summed E-state index contributed by atoms with van der Waals surface area (Å²) in [6, 6.07) is 0. The van der Waals surface area contributed by atoms with Crippen molar-refractivity contribution in [3.8, 4) is 0 Å². The van der Waals surface area contributed by atoms with Crippen molar-refractivity contribution in [1.29, 1.82) is 0 Å². The zero-order valence-corrected chi connectivity index (χ0v) is 5.45. The van der Waals surface area contributed by atoms with Gasteiger partial charge in [-0.2, -0.15) is 0 Å². The van der Waals surface area contributed by atoms with Crippen molar-refractivity contribution in [2.24, 2.45) is 5.16 Å². The molecule has 0 saturated carbocycles. The van der Waals surface area contributed by atoms with Crippen molar-refractivity contribution in [1.82, 2.24) is 0 Å². The summed E-state index contributed by atoms with van der Waals surface area (Å²) in [7, 11) is 0. The van der Waals surface area contributed by atoms with Crippen LogP contribution in [0.25, 0.3) is 0 Å². The average molecular weight is 129 g/mol. The van der Waals surface area contributed by atoms with Crippen molar-refractivity contribution >= 4 is 6.21 Å². The first-order valence-electron chi connectivity index (χ1n) is 2.79. The van der Waals surface area contributed by atoms with Gasteiger partial charge in [0, 0.05) is 0 Å². The van der Waals surface area contributed by atoms with E-state index in [2.05, 4.69) is 9.99 Å². The molecule has 0 radical (unpaired) electrons. The van der Waals surface area contributed by atoms with E-state index in [1.54, 1.807) is 6.08 Å². The molecule has 0 heterocycles. The van der Waals surface area contributed by atoms with Crippen molar-refractivity contribution in [3.63, 3.8) is 0 Å². The van der Waals surface area contributed by atoms with E-state index in [0.29, 0.717) is 0 Å². The van der Waals surface area contributed by atoms with Crippen molar-refractivity contribution < 1.29 is 9.94 Å². The standard InChI is InChI=1S/C6H11NO2/c1-2-3-4-7-9-6-5-8/h2-4,8H,5-6H2,1H3/b3-2+,7-4+. The molecule has 3 heteroatoms. The molecule has 0 aromatic heterocycles. The quantitative estimate of drug-likeness (QED) is 0.342. The number of oxime groups is 1. The Bertz CT molecular complexity index is 99.2. The first-order chi connectivity index (χ1) is 4.41. The maximum Gasteiger partial charge on any atom is 0.140 e. The van der Waals surface area contributed by atoms with Crippen LogP contribution in [0.1, 0.15) is 6.92 Å². The molecular weight excluding hydrogens is 118 g/mol. The Balaban J connectivity index is 3.04. The molecule has 0 unspecified atom stereocenters. The number of hydrogen-bond donors (Lipinski definition) is 1. The smallest absolute Gasteiger partial charge is 0.140 e. The predicted molar refractivity (Wildman–Crippen MR) is 36.3 cm³/mol. The SMILES string of the molecule is C/C=C/C=N/OCCO. The fourth-order valence-corrected chi connectivity index (χ4v) is 0.258. The topological polar surface area (TPSA) is 41.8 Å². The largest absolute Gasteiger partial charge is 0.393 e. The maximum atomic E-state index is 8.21. The summed E-state index contributed by atoms with van der Waals surface area (Å²) in [5, 5.41) is 11.7. The predicted octanol–water partition coefficient (Wildman–Crippen LogP) is 0.557. The van der Waals surface area contributed by atoms with Gasteiger partial charge in [-0.15, -0.1) is 0 Å². The van der Waals surface area contributed by atoms with Crippen LogP contribution in [-0.2, 0) is 4.84 Å². The van der Waals surface area contributed by atoms with E-state index >= 15 is 0 Å². The monoisotopic (exact) mass is 129 g/mol. The van der Waals surface area contributed by atoms with Gasteiger partial charge in [0.1, 0.15) is 6.61 Å². The number of hydrogen-bond acceptors (Lipinski definition) is 3. The summed E-state index contributed by atoms with van der Waals surface area (Å²) in [5.41, 5.74) is 0. The van der Waals surface area contributed by atoms with Crippen LogP contribution in [0.2, 0.25) is 0 Å². The van der Waals surface area contributed by atoms with Crippen LogP contribution in [-0.4, -0.2) is 24.5 Å². The molecule has 0 aliphatic rings. The summed E-state index contributed by atoms with van der Waals surface area (Å²) in [6.07, 6.45) is 5.11. The number of aliphatic hydroxyl groups is 1. The molecule has 0 saturated heterocycles. The second-order valence-corrected chi connectivity index (χ2v) is 1.34. The van der Waals surface area contributed by atoms with E-state index in [0.717, 1.165) is 0 Å². The van der Waals surface area contributed by atoms with E-state index < -0.39 is 0 Å². The van der Waals surface area contributed by atoms with Crippen LogP contribution in [0.15, 0.2) is 17.3 Å². The van der Waals surface area contributed by atoms with Gasteiger partial charge in [-0.1, -0.05) is 11.2 Å². The van der Waals surface area contributed by atoms with Gasteiger partial charge in [-0.05, 0) is 13.0 Å². The fraction of sp³-hybridized carbons (Fsp3) is 0.500. The molecule has 0 spiro atoms. The van der Waals surface area contributed by atoms with Crippen LogP contribution >= 0.6 is 0 Å². The van der Waals surface area contributed by atoms with Crippen LogP contribution < -0.4 is 0 Å². The van der Waals surface area contributed by atoms with Gasteiger partial charge in [-0.3, -0.25) is 0 Å². The summed E-state index contributed by atoms with van der Waals surface area (Å²) >= 11 is 0. The Morgan fingerprint density at radius 3 is 3.00 bits per heavy atom. The molecule has 52 valence electrons. The lowest BCUT2D eigenvalue weighted by atomic mass is 10.6. The third kappa shape index (κ3) is 7.17. The van der Waals surface area contributed by atoms with E-state index in [1.807, 2.05) is 13.0 Å². The highest BCUT2D eigenvalue weighted by Crippen LogP contribution is 1.72. The lowest BCUT2D eigenvalue weighted by Gasteiger charge is -1.89. The average Bonchev–Trinajstić information content (AvgIpc) is 1.89. The molecule has 0 bridgehead atoms. The zero-order valence-electron chi connectivity index (χ0n) is 5.45. The lowest BCUT2D eigenvalue weighted by Crippen LogP contribution is -1.92. The minimum absolute atomic E-state index is 0.00712. The Labute approximate surface area is 54.6 Å². The molecule has 9 heavy (non-hydrogen) atoms. The number of nitrogens with zero attached hydrogens (tertiary/aromatic N) is 1. The highest BCUT2D eigenvalue weighted by molar-refractivity contribution is 5.70. The Kier molecular flexibility index (Phi) is 6.51. The number of aliphatic hydroxyl groups excluding tert-OH is 1. The molecule has 0 atom stereocenters.